The van der Waals surface area contributed by atoms with Crippen LogP contribution in [0, 0.1) is 0 Å². The van der Waals surface area contributed by atoms with E-state index in [1.165, 1.54) is 0 Å². The van der Waals surface area contributed by atoms with Crippen LogP contribution >= 0.6 is 0 Å². The van der Waals surface area contributed by atoms with E-state index < -0.39 is 74.4 Å². The third-order valence-corrected chi connectivity index (χ3v) is 5.90. The quantitative estimate of drug-likeness (QED) is 0.231. The van der Waals surface area contributed by atoms with Crippen LogP contribution in [0.3, 0.4) is 0 Å². The van der Waals surface area contributed by atoms with Crippen LogP contribution in [0.25, 0.3) is 0 Å². The van der Waals surface area contributed by atoms with Gasteiger partial charge in [0.05, 0.1) is 19.3 Å². The summed E-state index contributed by atoms with van der Waals surface area (Å²) in [7, 11) is 0. The number of rotatable bonds is 8. The lowest BCUT2D eigenvalue weighted by molar-refractivity contribution is -0.341. The van der Waals surface area contributed by atoms with Gasteiger partial charge in [0.15, 0.2) is 6.29 Å². The molecule has 2 heterocycles. The normalized spacial score (nSPS) is 41.3. The van der Waals surface area contributed by atoms with Crippen LogP contribution in [0.4, 0.5) is 0 Å². The van der Waals surface area contributed by atoms with E-state index in [1.807, 2.05) is 30.3 Å². The molecule has 2 saturated heterocycles. The average molecular weight is 444 g/mol. The highest BCUT2D eigenvalue weighted by molar-refractivity contribution is 5.14. The summed E-state index contributed by atoms with van der Waals surface area (Å²) in [4.78, 5) is 0. The summed E-state index contributed by atoms with van der Waals surface area (Å²) in [5.74, 6) is 0. The standard InChI is InChI=1S/C21H32O10/c22-9-13-15(24)18(27)19(28)21(30-13)31-20-16(25)12(29-14(10-23)17(20)26)8-4-7-11-5-2-1-3-6-11/h1-3,5-6,12-28H,4,7-10H2/t12-,13+,14+,15+,16-,17+,18-,19+,20+,21-/m0/s1. The minimum Gasteiger partial charge on any atom is -0.394 e. The smallest absolute Gasteiger partial charge is 0.187 e. The van der Waals surface area contributed by atoms with Gasteiger partial charge < -0.3 is 50.0 Å². The second-order valence-corrected chi connectivity index (χ2v) is 8.05. The molecule has 10 atom stereocenters. The number of aliphatic hydroxyl groups is 7. The van der Waals surface area contributed by atoms with Crippen molar-refractivity contribution in [1.29, 1.82) is 0 Å². The molecule has 0 unspecified atom stereocenters. The highest BCUT2D eigenvalue weighted by atomic mass is 16.7. The van der Waals surface area contributed by atoms with Crippen molar-refractivity contribution >= 4 is 0 Å². The highest BCUT2D eigenvalue weighted by Gasteiger charge is 2.50. The molecular weight excluding hydrogens is 412 g/mol. The monoisotopic (exact) mass is 444 g/mol. The Labute approximate surface area is 180 Å². The maximum Gasteiger partial charge on any atom is 0.187 e. The summed E-state index contributed by atoms with van der Waals surface area (Å²) < 4.78 is 16.6. The van der Waals surface area contributed by atoms with Crippen LogP contribution in [-0.2, 0) is 20.6 Å². The largest absolute Gasteiger partial charge is 0.394 e. The molecule has 0 saturated carbocycles. The first kappa shape index (κ1) is 24.5. The topological polar surface area (TPSA) is 169 Å². The van der Waals surface area contributed by atoms with Crippen LogP contribution in [0.5, 0.6) is 0 Å². The molecule has 1 aromatic carbocycles. The molecule has 176 valence electrons. The predicted molar refractivity (Wildman–Crippen MR) is 106 cm³/mol. The van der Waals surface area contributed by atoms with E-state index in [2.05, 4.69) is 0 Å². The van der Waals surface area contributed by atoms with E-state index in [9.17, 15) is 35.7 Å². The van der Waals surface area contributed by atoms with Crippen molar-refractivity contribution in [3.63, 3.8) is 0 Å². The molecule has 3 rings (SSSR count). The molecule has 2 aliphatic rings. The predicted octanol–water partition coefficient (Wildman–Crippen LogP) is -2.32. The Bertz CT molecular complexity index is 659. The third kappa shape index (κ3) is 5.60. The Balaban J connectivity index is 1.66. The van der Waals surface area contributed by atoms with Crippen LogP contribution in [0.15, 0.2) is 30.3 Å². The molecule has 0 aliphatic carbocycles. The van der Waals surface area contributed by atoms with Gasteiger partial charge in [-0.2, -0.15) is 0 Å². The second kappa shape index (κ2) is 11.1. The van der Waals surface area contributed by atoms with Gasteiger partial charge in [0.1, 0.15) is 48.8 Å². The minimum atomic E-state index is -1.68. The fourth-order valence-electron chi connectivity index (χ4n) is 4.05. The van der Waals surface area contributed by atoms with Crippen LogP contribution in [0.1, 0.15) is 18.4 Å². The van der Waals surface area contributed by atoms with Crippen molar-refractivity contribution < 1.29 is 50.0 Å². The number of benzene rings is 1. The van der Waals surface area contributed by atoms with Crippen molar-refractivity contribution in [1.82, 2.24) is 0 Å². The average Bonchev–Trinajstić information content (AvgIpc) is 2.78. The molecule has 2 aliphatic heterocycles. The van der Waals surface area contributed by atoms with Crippen LogP contribution < -0.4 is 0 Å². The molecule has 31 heavy (non-hydrogen) atoms. The van der Waals surface area contributed by atoms with Gasteiger partial charge in [-0.1, -0.05) is 30.3 Å². The summed E-state index contributed by atoms with van der Waals surface area (Å²) in [5.41, 5.74) is 1.13. The second-order valence-electron chi connectivity index (χ2n) is 8.05. The zero-order valence-electron chi connectivity index (χ0n) is 17.1. The van der Waals surface area contributed by atoms with E-state index in [4.69, 9.17) is 14.2 Å². The lowest BCUT2D eigenvalue weighted by atomic mass is 9.91. The summed E-state index contributed by atoms with van der Waals surface area (Å²) in [6, 6.07) is 9.77. The van der Waals surface area contributed by atoms with Gasteiger partial charge in [0, 0.05) is 0 Å². The van der Waals surface area contributed by atoms with Gasteiger partial charge >= 0.3 is 0 Å². The number of ether oxygens (including phenoxy) is 3. The molecular formula is C21H32O10. The van der Waals surface area contributed by atoms with E-state index in [-0.39, 0.29) is 0 Å². The SMILES string of the molecule is OC[C@H]1O[C@@H](O[C@@H]2[C@@H](O)[C@H](CCCc3ccccc3)O[C@H](CO)[C@H]2O)[C@H](O)[C@@H](O)[C@@H]1O. The van der Waals surface area contributed by atoms with Gasteiger partial charge in [-0.3, -0.25) is 0 Å². The lowest BCUT2D eigenvalue weighted by Gasteiger charge is -2.46. The molecule has 7 N–H and O–H groups in total. The number of aryl methyl sites for hydroxylation is 1. The zero-order chi connectivity index (χ0) is 22.5. The maximum atomic E-state index is 10.8. The molecule has 0 radical (unpaired) electrons. The Morgan fingerprint density at radius 2 is 1.32 bits per heavy atom. The van der Waals surface area contributed by atoms with E-state index in [0.717, 1.165) is 12.0 Å². The fourth-order valence-corrected chi connectivity index (χ4v) is 4.05. The van der Waals surface area contributed by atoms with E-state index in [0.29, 0.717) is 12.8 Å². The Hall–Kier alpha value is -1.18. The molecule has 0 aromatic heterocycles. The summed E-state index contributed by atoms with van der Waals surface area (Å²) >= 11 is 0. The molecule has 2 fully saturated rings. The first-order chi connectivity index (χ1) is 14.9. The number of hydrogen-bond acceptors (Lipinski definition) is 10. The highest BCUT2D eigenvalue weighted by Crippen LogP contribution is 2.30. The molecule has 0 spiro atoms. The van der Waals surface area contributed by atoms with Crippen LogP contribution in [-0.4, -0.2) is 110 Å². The van der Waals surface area contributed by atoms with Crippen LogP contribution in [0.2, 0.25) is 0 Å². The maximum absolute atomic E-state index is 10.8. The van der Waals surface area contributed by atoms with Crippen molar-refractivity contribution in [2.24, 2.45) is 0 Å². The lowest BCUT2D eigenvalue weighted by Crippen LogP contribution is -2.64. The fraction of sp³-hybridized carbons (Fsp3) is 0.714. The molecule has 10 heteroatoms. The molecule has 1 aromatic rings. The summed E-state index contributed by atoms with van der Waals surface area (Å²) in [6.07, 6.45) is -11.6. The van der Waals surface area contributed by atoms with E-state index >= 15 is 0 Å². The number of hydrogen-bond donors (Lipinski definition) is 7. The Morgan fingerprint density at radius 3 is 1.97 bits per heavy atom. The Morgan fingerprint density at radius 1 is 0.710 bits per heavy atom. The van der Waals surface area contributed by atoms with Gasteiger partial charge in [-0.05, 0) is 24.8 Å². The zero-order valence-corrected chi connectivity index (χ0v) is 17.1. The van der Waals surface area contributed by atoms with Crippen molar-refractivity contribution in [3.05, 3.63) is 35.9 Å². The first-order valence-electron chi connectivity index (χ1n) is 10.5. The third-order valence-electron chi connectivity index (χ3n) is 5.90. The van der Waals surface area contributed by atoms with Crippen molar-refractivity contribution in [3.8, 4) is 0 Å². The van der Waals surface area contributed by atoms with Gasteiger partial charge in [0.2, 0.25) is 0 Å². The van der Waals surface area contributed by atoms with Gasteiger partial charge in [0.25, 0.3) is 0 Å². The van der Waals surface area contributed by atoms with E-state index in [1.54, 1.807) is 0 Å². The van der Waals surface area contributed by atoms with Crippen molar-refractivity contribution in [2.45, 2.75) is 80.5 Å². The number of aliphatic hydroxyl groups excluding tert-OH is 7. The molecule has 0 bridgehead atoms. The van der Waals surface area contributed by atoms with Gasteiger partial charge in [-0.15, -0.1) is 0 Å². The summed E-state index contributed by atoms with van der Waals surface area (Å²) in [5, 5.41) is 70.2. The summed E-state index contributed by atoms with van der Waals surface area (Å²) in [6.45, 7) is -1.15. The first-order valence-corrected chi connectivity index (χ1v) is 10.5. The van der Waals surface area contributed by atoms with Gasteiger partial charge in [-0.25, -0.2) is 0 Å². The molecule has 10 nitrogen and oxygen atoms in total. The minimum absolute atomic E-state index is 0.424. The Kier molecular flexibility index (Phi) is 8.76. The van der Waals surface area contributed by atoms with Crippen molar-refractivity contribution in [2.75, 3.05) is 13.2 Å². The molecule has 0 amide bonds.